The second-order valence-corrected chi connectivity index (χ2v) is 6.08. The number of ether oxygens (including phenoxy) is 1. The van der Waals surface area contributed by atoms with Crippen molar-refractivity contribution in [2.75, 3.05) is 39.8 Å². The van der Waals surface area contributed by atoms with Crippen molar-refractivity contribution in [1.82, 2.24) is 20.3 Å². The summed E-state index contributed by atoms with van der Waals surface area (Å²) in [7, 11) is 1.70. The quantitative estimate of drug-likeness (QED) is 0.834. The van der Waals surface area contributed by atoms with Gasteiger partial charge in [0.25, 0.3) is 0 Å². The Bertz CT molecular complexity index is 521. The maximum absolute atomic E-state index is 12.5. The summed E-state index contributed by atoms with van der Waals surface area (Å²) in [6.45, 7) is 6.73. The van der Waals surface area contributed by atoms with Gasteiger partial charge in [0.15, 0.2) is 0 Å². The second-order valence-electron chi connectivity index (χ2n) is 6.08. The molecule has 2 atom stereocenters. The molecule has 0 aromatic carbocycles. The van der Waals surface area contributed by atoms with E-state index in [1.807, 2.05) is 17.9 Å². The average Bonchev–Trinajstić information content (AvgIpc) is 3.16. The predicted molar refractivity (Wildman–Crippen MR) is 94.8 cm³/mol. The minimum atomic E-state index is -0.0882. The highest BCUT2D eigenvalue weighted by Crippen LogP contribution is 2.14. The van der Waals surface area contributed by atoms with E-state index in [9.17, 15) is 4.79 Å². The van der Waals surface area contributed by atoms with E-state index in [0.29, 0.717) is 0 Å². The van der Waals surface area contributed by atoms with Crippen LogP contribution >= 0.6 is 24.8 Å². The highest BCUT2D eigenvalue weighted by Gasteiger charge is 2.33. The molecule has 2 saturated heterocycles. The molecule has 1 N–H and O–H groups in total. The van der Waals surface area contributed by atoms with Crippen molar-refractivity contribution in [3.8, 4) is 0 Å². The van der Waals surface area contributed by atoms with E-state index in [1.165, 1.54) is 0 Å². The minimum absolute atomic E-state index is 0. The second kappa shape index (κ2) is 9.58. The molecular formula is C15H26Cl2N4O3. The van der Waals surface area contributed by atoms with Crippen molar-refractivity contribution in [3.63, 3.8) is 0 Å². The summed E-state index contributed by atoms with van der Waals surface area (Å²) in [6.07, 6.45) is 0.930. The fraction of sp³-hybridized carbons (Fsp3) is 0.733. The highest BCUT2D eigenvalue weighted by molar-refractivity contribution is 5.85. The molecule has 9 heteroatoms. The first kappa shape index (κ1) is 21.2. The third-order valence-corrected chi connectivity index (χ3v) is 4.47. The number of piperazine rings is 1. The number of aromatic nitrogens is 1. The standard InChI is InChI=1S/C15H24N4O3.2ClH/c1-11-7-12(17-22-11)10-18-3-5-19(6-4-18)15(20)14-8-13(21-2)9-16-14;;/h7,13-14,16H,3-6,8-10H2,1-2H3;2*1H/t13-,14-;;/m0../s1. The van der Waals surface area contributed by atoms with Crippen molar-refractivity contribution in [3.05, 3.63) is 17.5 Å². The van der Waals surface area contributed by atoms with Crippen LogP contribution in [0.25, 0.3) is 0 Å². The number of carbonyl (C=O) groups is 1. The molecule has 0 saturated carbocycles. The topological polar surface area (TPSA) is 70.8 Å². The van der Waals surface area contributed by atoms with E-state index in [2.05, 4.69) is 15.4 Å². The first-order valence-electron chi connectivity index (χ1n) is 7.85. The summed E-state index contributed by atoms with van der Waals surface area (Å²) in [5.41, 5.74) is 0.956. The Morgan fingerprint density at radius 3 is 2.62 bits per heavy atom. The predicted octanol–water partition coefficient (Wildman–Crippen LogP) is 0.848. The van der Waals surface area contributed by atoms with Crippen molar-refractivity contribution in [2.24, 2.45) is 0 Å². The lowest BCUT2D eigenvalue weighted by atomic mass is 10.1. The minimum Gasteiger partial charge on any atom is -0.380 e. The largest absolute Gasteiger partial charge is 0.380 e. The Labute approximate surface area is 154 Å². The number of halogens is 2. The number of carbonyl (C=O) groups excluding carboxylic acids is 1. The van der Waals surface area contributed by atoms with Gasteiger partial charge in [-0.1, -0.05) is 5.16 Å². The van der Waals surface area contributed by atoms with Crippen molar-refractivity contribution >= 4 is 30.7 Å². The molecule has 2 aliphatic heterocycles. The normalized spacial score (nSPS) is 24.3. The van der Waals surface area contributed by atoms with Crippen LogP contribution in [0.1, 0.15) is 17.9 Å². The van der Waals surface area contributed by atoms with E-state index in [4.69, 9.17) is 9.26 Å². The molecule has 24 heavy (non-hydrogen) atoms. The van der Waals surface area contributed by atoms with Gasteiger partial charge < -0.3 is 19.5 Å². The van der Waals surface area contributed by atoms with Gasteiger partial charge in [0, 0.05) is 52.4 Å². The van der Waals surface area contributed by atoms with Crippen LogP contribution in [0.4, 0.5) is 0 Å². The summed E-state index contributed by atoms with van der Waals surface area (Å²) in [5, 5.41) is 7.28. The summed E-state index contributed by atoms with van der Waals surface area (Å²) in [4.78, 5) is 16.8. The fourth-order valence-corrected chi connectivity index (χ4v) is 3.14. The number of nitrogens with zero attached hydrogens (tertiary/aromatic N) is 3. The lowest BCUT2D eigenvalue weighted by Crippen LogP contribution is -2.52. The van der Waals surface area contributed by atoms with E-state index >= 15 is 0 Å². The third-order valence-electron chi connectivity index (χ3n) is 4.47. The van der Waals surface area contributed by atoms with Gasteiger partial charge in [-0.2, -0.15) is 0 Å². The zero-order chi connectivity index (χ0) is 15.5. The fourth-order valence-electron chi connectivity index (χ4n) is 3.14. The van der Waals surface area contributed by atoms with Crippen LogP contribution < -0.4 is 5.32 Å². The van der Waals surface area contributed by atoms with Crippen molar-refractivity contribution in [1.29, 1.82) is 0 Å². The highest BCUT2D eigenvalue weighted by atomic mass is 35.5. The molecule has 0 bridgehead atoms. The molecule has 1 aromatic rings. The number of hydrogen-bond acceptors (Lipinski definition) is 6. The molecule has 2 fully saturated rings. The Hall–Kier alpha value is -0.860. The van der Waals surface area contributed by atoms with Crippen LogP contribution in [0.3, 0.4) is 0 Å². The maximum atomic E-state index is 12.5. The van der Waals surface area contributed by atoms with Crippen molar-refractivity contribution < 1.29 is 14.1 Å². The molecule has 1 aromatic heterocycles. The van der Waals surface area contributed by atoms with Crippen LogP contribution in [-0.4, -0.2) is 72.8 Å². The molecule has 138 valence electrons. The van der Waals surface area contributed by atoms with Crippen LogP contribution in [0.15, 0.2) is 10.6 Å². The Balaban J connectivity index is 0.00000144. The molecule has 0 spiro atoms. The van der Waals surface area contributed by atoms with Gasteiger partial charge in [-0.15, -0.1) is 24.8 Å². The monoisotopic (exact) mass is 380 g/mol. The first-order valence-corrected chi connectivity index (χ1v) is 7.85. The zero-order valence-corrected chi connectivity index (χ0v) is 15.7. The first-order chi connectivity index (χ1) is 10.7. The zero-order valence-electron chi connectivity index (χ0n) is 14.1. The van der Waals surface area contributed by atoms with Crippen LogP contribution in [-0.2, 0) is 16.1 Å². The van der Waals surface area contributed by atoms with Crippen LogP contribution in [0.2, 0.25) is 0 Å². The number of hydrogen-bond donors (Lipinski definition) is 1. The van der Waals surface area contributed by atoms with Crippen molar-refractivity contribution in [2.45, 2.75) is 32.0 Å². The van der Waals surface area contributed by atoms with E-state index in [-0.39, 0.29) is 42.9 Å². The number of aryl methyl sites for hydroxylation is 1. The Morgan fingerprint density at radius 2 is 2.08 bits per heavy atom. The summed E-state index contributed by atoms with van der Waals surface area (Å²) >= 11 is 0. The number of methoxy groups -OCH3 is 1. The van der Waals surface area contributed by atoms with Crippen LogP contribution in [0.5, 0.6) is 0 Å². The van der Waals surface area contributed by atoms with E-state index in [0.717, 1.165) is 57.1 Å². The molecule has 7 nitrogen and oxygen atoms in total. The lowest BCUT2D eigenvalue weighted by Gasteiger charge is -2.35. The van der Waals surface area contributed by atoms with Gasteiger partial charge in [-0.05, 0) is 13.3 Å². The molecule has 3 heterocycles. The molecule has 0 unspecified atom stereocenters. The number of nitrogens with one attached hydrogen (secondary N) is 1. The molecule has 2 aliphatic rings. The van der Waals surface area contributed by atoms with Gasteiger partial charge in [-0.25, -0.2) is 0 Å². The Morgan fingerprint density at radius 1 is 1.38 bits per heavy atom. The molecule has 1 amide bonds. The smallest absolute Gasteiger partial charge is 0.239 e. The van der Waals surface area contributed by atoms with Gasteiger partial charge in [0.05, 0.1) is 17.8 Å². The SMILES string of the molecule is CO[C@@H]1CN[C@H](C(=O)N2CCN(Cc3cc(C)on3)CC2)C1.Cl.Cl. The molecule has 0 radical (unpaired) electrons. The van der Waals surface area contributed by atoms with Gasteiger partial charge in [0.2, 0.25) is 5.91 Å². The number of rotatable bonds is 4. The summed E-state index contributed by atoms with van der Waals surface area (Å²) in [6, 6.07) is 1.87. The Kier molecular flexibility index (Phi) is 8.45. The maximum Gasteiger partial charge on any atom is 0.239 e. The van der Waals surface area contributed by atoms with Crippen LogP contribution in [0, 0.1) is 6.92 Å². The molecule has 3 rings (SSSR count). The molecular weight excluding hydrogens is 355 g/mol. The third kappa shape index (κ3) is 5.07. The van der Waals surface area contributed by atoms with E-state index < -0.39 is 0 Å². The van der Waals surface area contributed by atoms with E-state index in [1.54, 1.807) is 7.11 Å². The number of amides is 1. The molecule has 0 aliphatic carbocycles. The average molecular weight is 381 g/mol. The lowest BCUT2D eigenvalue weighted by molar-refractivity contribution is -0.135. The van der Waals surface area contributed by atoms with Gasteiger partial charge >= 0.3 is 0 Å². The van der Waals surface area contributed by atoms with Gasteiger partial charge in [-0.3, -0.25) is 9.69 Å². The summed E-state index contributed by atoms with van der Waals surface area (Å²) < 4.78 is 10.4. The summed E-state index contributed by atoms with van der Waals surface area (Å²) in [5.74, 6) is 1.04. The van der Waals surface area contributed by atoms with Gasteiger partial charge in [0.1, 0.15) is 5.76 Å².